The van der Waals surface area contributed by atoms with Crippen molar-refractivity contribution >= 4 is 35.8 Å². The average molecular weight is 543 g/mol. The number of hydrogen-bond acceptors (Lipinski definition) is 6. The molecule has 0 aliphatic carbocycles. The first kappa shape index (κ1) is 47.1. The molecule has 0 heterocycles. The van der Waals surface area contributed by atoms with E-state index in [0.29, 0.717) is 19.3 Å². The summed E-state index contributed by atoms with van der Waals surface area (Å²) in [5.41, 5.74) is 0. The van der Waals surface area contributed by atoms with Gasteiger partial charge in [-0.1, -0.05) is 60.8 Å². The molecule has 0 saturated heterocycles. The van der Waals surface area contributed by atoms with Crippen LogP contribution in [0.25, 0.3) is 0 Å². The summed E-state index contributed by atoms with van der Waals surface area (Å²) in [6.07, 6.45) is 6.88. The van der Waals surface area contributed by atoms with E-state index in [2.05, 4.69) is 6.92 Å². The molecule has 0 atom stereocenters. The second-order valence-electron chi connectivity index (χ2n) is 7.75. The highest BCUT2D eigenvalue weighted by Gasteiger charge is 1.98. The third-order valence-electron chi connectivity index (χ3n) is 3.09. The van der Waals surface area contributed by atoms with Crippen molar-refractivity contribution in [3.8, 4) is 0 Å². The van der Waals surface area contributed by atoms with Crippen molar-refractivity contribution < 1.29 is 59.4 Å². The predicted octanol–water partition coefficient (Wildman–Crippen LogP) is 5.47. The van der Waals surface area contributed by atoms with E-state index < -0.39 is 35.8 Å². The highest BCUT2D eigenvalue weighted by atomic mass is 16.4. The largest absolute Gasteiger partial charge is 0.481 e. The molecule has 0 rings (SSSR count). The van der Waals surface area contributed by atoms with Crippen molar-refractivity contribution in [3.63, 3.8) is 0 Å². The Hall–Kier alpha value is -3.18. The van der Waals surface area contributed by atoms with E-state index >= 15 is 0 Å². The fourth-order valence-corrected chi connectivity index (χ4v) is 1.42. The van der Waals surface area contributed by atoms with Crippen LogP contribution in [0.1, 0.15) is 119 Å². The van der Waals surface area contributed by atoms with Gasteiger partial charge in [0.2, 0.25) is 0 Å². The Morgan fingerprint density at radius 2 is 0.838 bits per heavy atom. The van der Waals surface area contributed by atoms with Crippen LogP contribution in [-0.4, -0.2) is 66.5 Å². The molecule has 37 heavy (non-hydrogen) atoms. The van der Waals surface area contributed by atoms with Gasteiger partial charge >= 0.3 is 29.8 Å². The molecule has 12 nitrogen and oxygen atoms in total. The normalized spacial score (nSPS) is 8.43. The summed E-state index contributed by atoms with van der Waals surface area (Å²) in [5.74, 6) is -4.10. The molecular formula is C25H50O12. The number of hydrogen-bond donors (Lipinski definition) is 6. The van der Waals surface area contributed by atoms with Crippen molar-refractivity contribution in [3.05, 3.63) is 0 Å². The molecule has 12 heteroatoms. The third kappa shape index (κ3) is 142. The van der Waals surface area contributed by atoms with Gasteiger partial charge in [0.1, 0.15) is 0 Å². The first-order chi connectivity index (χ1) is 16.9. The van der Waals surface area contributed by atoms with Crippen molar-refractivity contribution in [1.29, 1.82) is 0 Å². The Labute approximate surface area is 220 Å². The molecule has 0 fully saturated rings. The molecule has 0 bridgehead atoms. The fourth-order valence-electron chi connectivity index (χ4n) is 1.42. The molecule has 0 aromatic heterocycles. The van der Waals surface area contributed by atoms with Crippen molar-refractivity contribution in [2.75, 3.05) is 0 Å². The SMILES string of the molecule is CC(=O)O.CC(C)CC(=O)O.CCC(=O)O.CCCC(=O)O.CCCCC(=O)O.CCCCCC(=O)O. The third-order valence-corrected chi connectivity index (χ3v) is 3.09. The second kappa shape index (κ2) is 40.0. The molecule has 6 N–H and O–H groups in total. The van der Waals surface area contributed by atoms with Crippen LogP contribution in [0.3, 0.4) is 0 Å². The lowest BCUT2D eigenvalue weighted by Gasteiger charge is -1.94. The molecule has 0 amide bonds. The van der Waals surface area contributed by atoms with E-state index in [4.69, 9.17) is 35.4 Å². The lowest BCUT2D eigenvalue weighted by molar-refractivity contribution is -0.138. The number of carboxylic acids is 6. The van der Waals surface area contributed by atoms with Gasteiger partial charge in [0, 0.05) is 39.0 Å². The fraction of sp³-hybridized carbons (Fsp3) is 0.760. The highest BCUT2D eigenvalue weighted by Crippen LogP contribution is 1.97. The molecule has 0 saturated carbocycles. The molecule has 0 radical (unpaired) electrons. The maximum Gasteiger partial charge on any atom is 0.303 e. The second-order valence-corrected chi connectivity index (χ2v) is 7.75. The summed E-state index contributed by atoms with van der Waals surface area (Å²) in [5, 5.41) is 47.3. The molecule has 0 aliphatic heterocycles. The highest BCUT2D eigenvalue weighted by molar-refractivity contribution is 5.67. The van der Waals surface area contributed by atoms with Gasteiger partial charge in [-0.3, -0.25) is 28.8 Å². The molecular weight excluding hydrogens is 492 g/mol. The van der Waals surface area contributed by atoms with Crippen LogP contribution in [0.5, 0.6) is 0 Å². The summed E-state index contributed by atoms with van der Waals surface area (Å²) in [4.78, 5) is 57.4. The van der Waals surface area contributed by atoms with Gasteiger partial charge < -0.3 is 30.6 Å². The van der Waals surface area contributed by atoms with Crippen molar-refractivity contribution in [2.45, 2.75) is 119 Å². The van der Waals surface area contributed by atoms with Crippen LogP contribution in [0.15, 0.2) is 0 Å². The van der Waals surface area contributed by atoms with Crippen molar-refractivity contribution in [2.24, 2.45) is 5.92 Å². The lowest BCUT2D eigenvalue weighted by Crippen LogP contribution is -1.99. The first-order valence-corrected chi connectivity index (χ1v) is 12.2. The molecule has 0 spiro atoms. The summed E-state index contributed by atoms with van der Waals surface area (Å²) < 4.78 is 0. The van der Waals surface area contributed by atoms with Crippen molar-refractivity contribution in [1.82, 2.24) is 0 Å². The summed E-state index contributed by atoms with van der Waals surface area (Å²) >= 11 is 0. The Morgan fingerprint density at radius 3 is 0.946 bits per heavy atom. The van der Waals surface area contributed by atoms with Crippen LogP contribution >= 0.6 is 0 Å². The minimum atomic E-state index is -0.833. The number of unbranched alkanes of at least 4 members (excludes halogenated alkanes) is 3. The van der Waals surface area contributed by atoms with E-state index in [1.54, 1.807) is 6.92 Å². The molecule has 222 valence electrons. The van der Waals surface area contributed by atoms with Gasteiger partial charge in [-0.15, -0.1) is 0 Å². The lowest BCUT2D eigenvalue weighted by atomic mass is 10.1. The van der Waals surface area contributed by atoms with Gasteiger partial charge in [0.25, 0.3) is 5.97 Å². The van der Waals surface area contributed by atoms with E-state index in [9.17, 15) is 24.0 Å². The minimum absolute atomic E-state index is 0.222. The van der Waals surface area contributed by atoms with E-state index in [1.165, 1.54) is 0 Å². The maximum atomic E-state index is 9.87. The number of carbonyl (C=O) groups is 6. The van der Waals surface area contributed by atoms with E-state index in [0.717, 1.165) is 45.4 Å². The Kier molecular flexibility index (Phi) is 50.9. The van der Waals surface area contributed by atoms with Gasteiger partial charge in [0.15, 0.2) is 0 Å². The number of aliphatic carboxylic acids is 6. The Balaban J connectivity index is -0.0000000789. The average Bonchev–Trinajstić information content (AvgIpc) is 2.72. The maximum absolute atomic E-state index is 9.87. The smallest absolute Gasteiger partial charge is 0.303 e. The quantitative estimate of drug-likeness (QED) is 0.169. The van der Waals surface area contributed by atoms with Gasteiger partial charge in [-0.2, -0.15) is 0 Å². The van der Waals surface area contributed by atoms with Crippen LogP contribution in [-0.2, 0) is 28.8 Å². The van der Waals surface area contributed by atoms with Crippen LogP contribution in [0.2, 0.25) is 0 Å². The summed E-state index contributed by atoms with van der Waals surface area (Å²) in [7, 11) is 0. The van der Waals surface area contributed by atoms with Gasteiger partial charge in [-0.05, 0) is 25.2 Å². The number of rotatable bonds is 12. The molecule has 0 unspecified atom stereocenters. The predicted molar refractivity (Wildman–Crippen MR) is 140 cm³/mol. The first-order valence-electron chi connectivity index (χ1n) is 12.2. The van der Waals surface area contributed by atoms with Crippen LogP contribution in [0.4, 0.5) is 0 Å². The molecule has 0 aliphatic rings. The molecule has 0 aromatic rings. The van der Waals surface area contributed by atoms with Crippen LogP contribution < -0.4 is 0 Å². The standard InChI is InChI=1S/C6H12O2.2C5H10O2.C4H8O2.C3H6O2.C2H4O2/c1-2-3-4-5-6(7)8;1-4(2)3-5(6)7;1-2-3-4-5(6)7;1-2-3-4(5)6;1-2-3(4)5;1-2(3)4/h2-5H2,1H3,(H,7,8);4H,3H2,1-2H3,(H,6,7);2-4H2,1H3,(H,6,7);2-3H2,1H3,(H,5,6);2H2,1H3,(H,4,5);1H3,(H,3,4). The van der Waals surface area contributed by atoms with Gasteiger partial charge in [0.05, 0.1) is 0 Å². The van der Waals surface area contributed by atoms with E-state index in [-0.39, 0.29) is 18.8 Å². The number of carboxylic acid groups (broad SMARTS) is 6. The Bertz CT molecular complexity index is 568. The zero-order valence-electron chi connectivity index (χ0n) is 23.5. The molecule has 0 aromatic carbocycles. The van der Waals surface area contributed by atoms with Gasteiger partial charge in [-0.25, -0.2) is 0 Å². The Morgan fingerprint density at radius 1 is 0.514 bits per heavy atom. The van der Waals surface area contributed by atoms with E-state index in [1.807, 2.05) is 27.7 Å². The zero-order chi connectivity index (χ0) is 30.8. The zero-order valence-corrected chi connectivity index (χ0v) is 23.5. The summed E-state index contributed by atoms with van der Waals surface area (Å²) in [6, 6.07) is 0. The van der Waals surface area contributed by atoms with Crippen LogP contribution in [0, 0.1) is 5.92 Å². The minimum Gasteiger partial charge on any atom is -0.481 e. The topological polar surface area (TPSA) is 224 Å². The summed E-state index contributed by atoms with van der Waals surface area (Å²) in [6.45, 7) is 12.3. The monoisotopic (exact) mass is 542 g/mol.